The zero-order chi connectivity index (χ0) is 9.84. The minimum Gasteiger partial charge on any atom is -0.461 e. The molecule has 1 heterocycles. The number of ether oxygens (including phenoxy) is 1. The number of esters is 1. The first kappa shape index (κ1) is 9.73. The number of hydrogen-bond acceptors (Lipinski definition) is 5. The molecule has 5 nitrogen and oxygen atoms in total. The maximum absolute atomic E-state index is 11.2. The molecule has 0 saturated heterocycles. The summed E-state index contributed by atoms with van der Waals surface area (Å²) in [6, 6.07) is 0. The molecule has 1 rings (SSSR count). The molecule has 1 aromatic rings. The van der Waals surface area contributed by atoms with Crippen molar-refractivity contribution in [1.82, 2.24) is 9.97 Å². The van der Waals surface area contributed by atoms with E-state index in [4.69, 9.17) is 22.1 Å². The van der Waals surface area contributed by atoms with Gasteiger partial charge in [-0.1, -0.05) is 0 Å². The van der Waals surface area contributed by atoms with Gasteiger partial charge in [0.25, 0.3) is 0 Å². The van der Waals surface area contributed by atoms with Crippen molar-refractivity contribution in [3.63, 3.8) is 0 Å². The van der Waals surface area contributed by atoms with Gasteiger partial charge in [0.15, 0.2) is 5.69 Å². The molecular weight excluding hydrogens is 194 g/mol. The summed E-state index contributed by atoms with van der Waals surface area (Å²) in [5.41, 5.74) is 5.59. The Labute approximate surface area is 79.9 Å². The van der Waals surface area contributed by atoms with Crippen molar-refractivity contribution in [3.8, 4) is 0 Å². The van der Waals surface area contributed by atoms with Crippen molar-refractivity contribution in [2.24, 2.45) is 0 Å². The number of nitrogens with zero attached hydrogens (tertiary/aromatic N) is 2. The van der Waals surface area contributed by atoms with E-state index in [0.717, 1.165) is 0 Å². The van der Waals surface area contributed by atoms with Crippen LogP contribution in [0.4, 0.5) is 5.69 Å². The summed E-state index contributed by atoms with van der Waals surface area (Å²) in [4.78, 5) is 18.4. The fourth-order valence-corrected chi connectivity index (χ4v) is 0.866. The molecule has 0 aliphatic carbocycles. The summed E-state index contributed by atoms with van der Waals surface area (Å²) < 4.78 is 4.70. The highest BCUT2D eigenvalue weighted by atomic mass is 35.5. The van der Waals surface area contributed by atoms with E-state index in [0.29, 0.717) is 0 Å². The molecule has 0 amide bonds. The summed E-state index contributed by atoms with van der Waals surface area (Å²) in [7, 11) is 0. The van der Waals surface area contributed by atoms with Crippen LogP contribution in [0.25, 0.3) is 0 Å². The van der Waals surface area contributed by atoms with Gasteiger partial charge in [-0.3, -0.25) is 0 Å². The van der Waals surface area contributed by atoms with Crippen molar-refractivity contribution in [1.29, 1.82) is 0 Å². The average Bonchev–Trinajstić information content (AvgIpc) is 2.09. The number of aromatic nitrogens is 2. The van der Waals surface area contributed by atoms with Crippen LogP contribution in [0.5, 0.6) is 0 Å². The quantitative estimate of drug-likeness (QED) is 0.568. The molecule has 0 fully saturated rings. The van der Waals surface area contributed by atoms with Gasteiger partial charge in [-0.2, -0.15) is 0 Å². The van der Waals surface area contributed by atoms with Gasteiger partial charge in [-0.05, 0) is 18.5 Å². The van der Waals surface area contributed by atoms with E-state index in [-0.39, 0.29) is 23.3 Å². The summed E-state index contributed by atoms with van der Waals surface area (Å²) in [5, 5.41) is -0.0303. The highest BCUT2D eigenvalue weighted by molar-refractivity contribution is 6.28. The van der Waals surface area contributed by atoms with Crippen LogP contribution < -0.4 is 5.73 Å². The van der Waals surface area contributed by atoms with Crippen LogP contribution >= 0.6 is 11.6 Å². The monoisotopic (exact) mass is 201 g/mol. The second-order valence-corrected chi connectivity index (χ2v) is 2.50. The van der Waals surface area contributed by atoms with Gasteiger partial charge in [0.05, 0.1) is 18.5 Å². The predicted molar refractivity (Wildman–Crippen MR) is 47.4 cm³/mol. The van der Waals surface area contributed by atoms with Crippen molar-refractivity contribution in [2.75, 3.05) is 12.3 Å². The smallest absolute Gasteiger partial charge is 0.359 e. The van der Waals surface area contributed by atoms with Gasteiger partial charge in [0.1, 0.15) is 0 Å². The average molecular weight is 202 g/mol. The van der Waals surface area contributed by atoms with E-state index in [1.165, 1.54) is 6.20 Å². The molecule has 0 radical (unpaired) electrons. The van der Waals surface area contributed by atoms with Crippen molar-refractivity contribution < 1.29 is 9.53 Å². The van der Waals surface area contributed by atoms with E-state index in [1.807, 2.05) is 0 Å². The molecule has 0 spiro atoms. The Balaban J connectivity index is 2.99. The Hall–Kier alpha value is -1.36. The molecule has 0 aliphatic heterocycles. The van der Waals surface area contributed by atoms with Crippen LogP contribution in [0, 0.1) is 0 Å². The molecule has 0 aliphatic rings. The fraction of sp³-hybridized carbons (Fsp3) is 0.286. The second-order valence-electron chi connectivity index (χ2n) is 2.16. The van der Waals surface area contributed by atoms with Crippen LogP contribution in [0.1, 0.15) is 17.4 Å². The zero-order valence-electron chi connectivity index (χ0n) is 6.95. The van der Waals surface area contributed by atoms with Gasteiger partial charge in [-0.25, -0.2) is 14.8 Å². The van der Waals surface area contributed by atoms with E-state index in [1.54, 1.807) is 6.92 Å². The minimum absolute atomic E-state index is 0.00171. The summed E-state index contributed by atoms with van der Waals surface area (Å²) in [5.74, 6) is -0.593. The Morgan fingerprint density at radius 3 is 3.08 bits per heavy atom. The standard InChI is InChI=1S/C7H8ClN3O2/c1-2-13-6(12)5-4(9)3-10-7(8)11-5/h3H,2,9H2,1H3. The van der Waals surface area contributed by atoms with Gasteiger partial charge < -0.3 is 10.5 Å². The Kier molecular flexibility index (Phi) is 3.02. The number of carbonyl (C=O) groups is 1. The largest absolute Gasteiger partial charge is 0.461 e. The lowest BCUT2D eigenvalue weighted by atomic mass is 10.3. The van der Waals surface area contributed by atoms with Crippen molar-refractivity contribution in [2.45, 2.75) is 6.92 Å². The van der Waals surface area contributed by atoms with Gasteiger partial charge in [-0.15, -0.1) is 0 Å². The third-order valence-electron chi connectivity index (χ3n) is 1.26. The molecule has 6 heteroatoms. The molecule has 0 aromatic carbocycles. The van der Waals surface area contributed by atoms with Crippen LogP contribution in [-0.2, 0) is 4.74 Å². The number of nitrogens with two attached hydrogens (primary N) is 1. The number of hydrogen-bond donors (Lipinski definition) is 1. The number of rotatable bonds is 2. The topological polar surface area (TPSA) is 78.1 Å². The molecule has 2 N–H and O–H groups in total. The lowest BCUT2D eigenvalue weighted by Gasteiger charge is -2.02. The molecule has 0 saturated carbocycles. The number of carbonyl (C=O) groups excluding carboxylic acids is 1. The molecule has 0 bridgehead atoms. The third-order valence-corrected chi connectivity index (χ3v) is 1.44. The maximum atomic E-state index is 11.2. The van der Waals surface area contributed by atoms with E-state index >= 15 is 0 Å². The van der Waals surface area contributed by atoms with Gasteiger partial charge in [0.2, 0.25) is 5.28 Å². The SMILES string of the molecule is CCOC(=O)c1nc(Cl)ncc1N. The fourth-order valence-electron chi connectivity index (χ4n) is 0.733. The van der Waals surface area contributed by atoms with Crippen LogP contribution in [0.15, 0.2) is 6.20 Å². The van der Waals surface area contributed by atoms with E-state index < -0.39 is 5.97 Å². The Morgan fingerprint density at radius 1 is 1.77 bits per heavy atom. The van der Waals surface area contributed by atoms with E-state index in [9.17, 15) is 4.79 Å². The molecule has 0 unspecified atom stereocenters. The Morgan fingerprint density at radius 2 is 2.46 bits per heavy atom. The Bertz CT molecular complexity index is 330. The summed E-state index contributed by atoms with van der Waals surface area (Å²) >= 11 is 5.48. The number of anilines is 1. The molecule has 70 valence electrons. The van der Waals surface area contributed by atoms with Crippen molar-refractivity contribution >= 4 is 23.3 Å². The molecule has 13 heavy (non-hydrogen) atoms. The normalized spacial score (nSPS) is 9.69. The molecule has 0 atom stereocenters. The highest BCUT2D eigenvalue weighted by Crippen LogP contribution is 2.11. The highest BCUT2D eigenvalue weighted by Gasteiger charge is 2.13. The molecule has 1 aromatic heterocycles. The van der Waals surface area contributed by atoms with Gasteiger partial charge >= 0.3 is 5.97 Å². The zero-order valence-corrected chi connectivity index (χ0v) is 7.71. The predicted octanol–water partition coefficient (Wildman–Crippen LogP) is 0.889. The summed E-state index contributed by atoms with van der Waals surface area (Å²) in [6.07, 6.45) is 1.27. The number of halogens is 1. The van der Waals surface area contributed by atoms with Crippen LogP contribution in [0.3, 0.4) is 0 Å². The molecular formula is C7H8ClN3O2. The van der Waals surface area contributed by atoms with Crippen LogP contribution in [0.2, 0.25) is 5.28 Å². The second kappa shape index (κ2) is 4.04. The lowest BCUT2D eigenvalue weighted by Crippen LogP contribution is -2.11. The van der Waals surface area contributed by atoms with Crippen LogP contribution in [-0.4, -0.2) is 22.5 Å². The third kappa shape index (κ3) is 2.29. The number of nitrogen functional groups attached to an aromatic ring is 1. The van der Waals surface area contributed by atoms with Crippen molar-refractivity contribution in [3.05, 3.63) is 17.2 Å². The lowest BCUT2D eigenvalue weighted by molar-refractivity contribution is 0.0520. The maximum Gasteiger partial charge on any atom is 0.359 e. The minimum atomic E-state index is -0.593. The first-order valence-corrected chi connectivity index (χ1v) is 3.98. The summed E-state index contributed by atoms with van der Waals surface area (Å²) in [6.45, 7) is 1.96. The first-order chi connectivity index (χ1) is 6.15. The van der Waals surface area contributed by atoms with E-state index in [2.05, 4.69) is 9.97 Å². The van der Waals surface area contributed by atoms with Gasteiger partial charge in [0, 0.05) is 0 Å². The first-order valence-electron chi connectivity index (χ1n) is 3.60.